The van der Waals surface area contributed by atoms with Gasteiger partial charge in [-0.05, 0) is 81.1 Å². The number of ether oxygens (including phenoxy) is 1. The number of piperidine rings is 1. The van der Waals surface area contributed by atoms with Crippen LogP contribution in [0.4, 0.5) is 0 Å². The molecule has 5 heteroatoms. The van der Waals surface area contributed by atoms with Crippen molar-refractivity contribution in [3.8, 4) is 5.75 Å². The van der Waals surface area contributed by atoms with Crippen LogP contribution in [-0.4, -0.2) is 51.1 Å². The molecular weight excluding hydrogens is 382 g/mol. The summed E-state index contributed by atoms with van der Waals surface area (Å²) in [6.45, 7) is 6.24. The molecule has 2 fully saturated rings. The smallest absolute Gasteiger partial charge is 0.150 e. The number of benzene rings is 1. The van der Waals surface area contributed by atoms with Gasteiger partial charge in [-0.1, -0.05) is 31.9 Å². The van der Waals surface area contributed by atoms with E-state index in [1.54, 1.807) is 12.5 Å². The Bertz CT molecular complexity index is 775. The molecule has 0 radical (unpaired) electrons. The van der Waals surface area contributed by atoms with Crippen molar-refractivity contribution < 1.29 is 13.2 Å². The summed E-state index contributed by atoms with van der Waals surface area (Å²) in [5, 5.41) is 0. The van der Waals surface area contributed by atoms with Gasteiger partial charge in [0.1, 0.15) is 15.6 Å². The highest BCUT2D eigenvalue weighted by Crippen LogP contribution is 2.37. The van der Waals surface area contributed by atoms with Crippen molar-refractivity contribution in [2.45, 2.75) is 64.2 Å². The van der Waals surface area contributed by atoms with E-state index in [2.05, 4.69) is 23.1 Å². The molecule has 162 valence electrons. The second-order valence-electron chi connectivity index (χ2n) is 9.41. The predicted molar refractivity (Wildman–Crippen MR) is 118 cm³/mol. The highest BCUT2D eigenvalue weighted by atomic mass is 32.2. The predicted octanol–water partition coefficient (Wildman–Crippen LogP) is 4.43. The fourth-order valence-electron chi connectivity index (χ4n) is 5.63. The summed E-state index contributed by atoms with van der Waals surface area (Å²) in [4.78, 5) is 2.66. The molecule has 1 aromatic carbocycles. The number of hydrogen-bond acceptors (Lipinski definition) is 4. The maximum atomic E-state index is 11.9. The lowest BCUT2D eigenvalue weighted by atomic mass is 9.81. The van der Waals surface area contributed by atoms with E-state index in [1.165, 1.54) is 57.3 Å². The van der Waals surface area contributed by atoms with E-state index < -0.39 is 9.84 Å². The summed E-state index contributed by atoms with van der Waals surface area (Å²) >= 11 is 0. The van der Waals surface area contributed by atoms with Crippen LogP contribution >= 0.6 is 0 Å². The summed E-state index contributed by atoms with van der Waals surface area (Å²) < 4.78 is 29.5. The molecule has 1 saturated heterocycles. The van der Waals surface area contributed by atoms with Gasteiger partial charge in [-0.15, -0.1) is 0 Å². The molecule has 4 nitrogen and oxygen atoms in total. The summed E-state index contributed by atoms with van der Waals surface area (Å²) in [6.07, 6.45) is 9.53. The maximum Gasteiger partial charge on any atom is 0.150 e. The first-order valence-electron chi connectivity index (χ1n) is 11.7. The zero-order valence-corrected chi connectivity index (χ0v) is 18.8. The van der Waals surface area contributed by atoms with Gasteiger partial charge in [0.05, 0.1) is 12.4 Å². The molecule has 0 atom stereocenters. The number of rotatable bonds is 7. The Morgan fingerprint density at radius 1 is 1.03 bits per heavy atom. The van der Waals surface area contributed by atoms with Gasteiger partial charge in [-0.2, -0.15) is 0 Å². The molecule has 2 aliphatic heterocycles. The minimum absolute atomic E-state index is 0.293. The van der Waals surface area contributed by atoms with Gasteiger partial charge in [0.2, 0.25) is 0 Å². The largest absolute Gasteiger partial charge is 0.493 e. The zero-order chi connectivity index (χ0) is 20.3. The van der Waals surface area contributed by atoms with Crippen molar-refractivity contribution in [1.82, 2.24) is 4.90 Å². The topological polar surface area (TPSA) is 46.6 Å². The van der Waals surface area contributed by atoms with Crippen LogP contribution in [0.3, 0.4) is 0 Å². The lowest BCUT2D eigenvalue weighted by Crippen LogP contribution is -2.35. The molecule has 3 aliphatic rings. The van der Waals surface area contributed by atoms with E-state index in [0.717, 1.165) is 37.5 Å². The molecular formula is C24H37NO3S. The lowest BCUT2D eigenvalue weighted by Gasteiger charge is -2.35. The summed E-state index contributed by atoms with van der Waals surface area (Å²) in [7, 11) is -2.81. The van der Waals surface area contributed by atoms with Crippen molar-refractivity contribution in [2.75, 3.05) is 37.7 Å². The van der Waals surface area contributed by atoms with Crippen LogP contribution in [0.25, 0.3) is 0 Å². The molecule has 1 aliphatic carbocycles. The zero-order valence-electron chi connectivity index (χ0n) is 17.9. The van der Waals surface area contributed by atoms with Crippen LogP contribution in [0.5, 0.6) is 5.75 Å². The SMILES string of the molecule is CCS(=O)(=O)CC1CCC(CCN2CCC(c3cccc4c3CCO4)CC2)CC1. The highest BCUT2D eigenvalue weighted by Gasteiger charge is 2.28. The van der Waals surface area contributed by atoms with Crippen LogP contribution in [0, 0.1) is 11.8 Å². The molecule has 0 bridgehead atoms. The molecule has 4 rings (SSSR count). The van der Waals surface area contributed by atoms with Crippen molar-refractivity contribution >= 4 is 9.84 Å². The van der Waals surface area contributed by atoms with Crippen molar-refractivity contribution in [3.05, 3.63) is 29.3 Å². The van der Waals surface area contributed by atoms with Gasteiger partial charge in [0.15, 0.2) is 0 Å². The van der Waals surface area contributed by atoms with E-state index in [9.17, 15) is 8.42 Å². The number of nitrogens with zero attached hydrogens (tertiary/aromatic N) is 1. The Labute approximate surface area is 176 Å². The Kier molecular flexibility index (Phi) is 6.85. The van der Waals surface area contributed by atoms with Gasteiger partial charge in [-0.25, -0.2) is 8.42 Å². The third kappa shape index (κ3) is 5.35. The second kappa shape index (κ2) is 9.38. The maximum absolute atomic E-state index is 11.9. The Morgan fingerprint density at radius 3 is 2.48 bits per heavy atom. The molecule has 0 spiro atoms. The monoisotopic (exact) mass is 419 g/mol. The normalized spacial score (nSPS) is 26.2. The number of likely N-dealkylation sites (tertiary alicyclic amines) is 1. The Morgan fingerprint density at radius 2 is 1.76 bits per heavy atom. The Hall–Kier alpha value is -1.07. The van der Waals surface area contributed by atoms with E-state index in [4.69, 9.17) is 4.74 Å². The molecule has 1 saturated carbocycles. The average molecular weight is 420 g/mol. The van der Waals surface area contributed by atoms with Gasteiger partial charge >= 0.3 is 0 Å². The molecule has 0 amide bonds. The molecule has 0 N–H and O–H groups in total. The standard InChI is InChI=1S/C24H37NO3S/c1-2-29(26,27)18-20-8-6-19(7-9-20)10-14-25-15-11-21(12-16-25)22-4-3-5-24-23(22)13-17-28-24/h3-5,19-21H,2,6-18H2,1H3. The van der Waals surface area contributed by atoms with Crippen molar-refractivity contribution in [3.63, 3.8) is 0 Å². The third-order valence-corrected chi connectivity index (χ3v) is 9.41. The van der Waals surface area contributed by atoms with Crippen LogP contribution in [-0.2, 0) is 16.3 Å². The van der Waals surface area contributed by atoms with Gasteiger partial charge in [0, 0.05) is 17.7 Å². The summed E-state index contributed by atoms with van der Waals surface area (Å²) in [5.41, 5.74) is 3.01. The van der Waals surface area contributed by atoms with E-state index in [1.807, 2.05) is 0 Å². The molecule has 1 aromatic rings. The Balaban J connectivity index is 1.18. The molecule has 0 aromatic heterocycles. The molecule has 29 heavy (non-hydrogen) atoms. The van der Waals surface area contributed by atoms with Crippen LogP contribution in [0.2, 0.25) is 0 Å². The summed E-state index contributed by atoms with van der Waals surface area (Å²) in [5.74, 6) is 3.72. The van der Waals surface area contributed by atoms with Gasteiger partial charge in [0.25, 0.3) is 0 Å². The van der Waals surface area contributed by atoms with E-state index in [-0.39, 0.29) is 0 Å². The quantitative estimate of drug-likeness (QED) is 0.656. The molecule has 2 heterocycles. The number of sulfone groups is 1. The fourth-order valence-corrected chi connectivity index (χ4v) is 6.91. The van der Waals surface area contributed by atoms with E-state index in [0.29, 0.717) is 23.3 Å². The first kappa shape index (κ1) is 21.2. The minimum Gasteiger partial charge on any atom is -0.493 e. The van der Waals surface area contributed by atoms with Crippen LogP contribution in [0.1, 0.15) is 68.9 Å². The lowest BCUT2D eigenvalue weighted by molar-refractivity contribution is 0.182. The van der Waals surface area contributed by atoms with Crippen LogP contribution < -0.4 is 4.74 Å². The van der Waals surface area contributed by atoms with Crippen LogP contribution in [0.15, 0.2) is 18.2 Å². The van der Waals surface area contributed by atoms with E-state index >= 15 is 0 Å². The fraction of sp³-hybridized carbons (Fsp3) is 0.750. The minimum atomic E-state index is -2.81. The van der Waals surface area contributed by atoms with Crippen molar-refractivity contribution in [2.24, 2.45) is 11.8 Å². The second-order valence-corrected chi connectivity index (χ2v) is 11.8. The van der Waals surface area contributed by atoms with Gasteiger partial charge < -0.3 is 9.64 Å². The first-order valence-corrected chi connectivity index (χ1v) is 13.5. The van der Waals surface area contributed by atoms with Crippen molar-refractivity contribution in [1.29, 1.82) is 0 Å². The number of fused-ring (bicyclic) bond motifs is 1. The highest BCUT2D eigenvalue weighted by molar-refractivity contribution is 7.91. The van der Waals surface area contributed by atoms with Gasteiger partial charge in [-0.3, -0.25) is 0 Å². The third-order valence-electron chi connectivity index (χ3n) is 7.56. The molecule has 0 unspecified atom stereocenters. The summed E-state index contributed by atoms with van der Waals surface area (Å²) in [6, 6.07) is 6.60. The first-order chi connectivity index (χ1) is 14.0. The average Bonchev–Trinajstić information content (AvgIpc) is 3.22. The number of hydrogen-bond donors (Lipinski definition) is 0.